The molecule has 7 atom stereocenters. The summed E-state index contributed by atoms with van der Waals surface area (Å²) in [6, 6.07) is 44.0. The van der Waals surface area contributed by atoms with Crippen LogP contribution in [0.4, 0.5) is 0 Å². The Morgan fingerprint density at radius 2 is 1.00 bits per heavy atom. The third kappa shape index (κ3) is 9.76. The van der Waals surface area contributed by atoms with Gasteiger partial charge in [-0.1, -0.05) is 133 Å². The summed E-state index contributed by atoms with van der Waals surface area (Å²) in [6.07, 6.45) is -5.59. The lowest BCUT2D eigenvalue weighted by Crippen LogP contribution is -2.63. The molecule has 0 spiro atoms. The smallest absolute Gasteiger partial charge is 0.331 e. The summed E-state index contributed by atoms with van der Waals surface area (Å²) >= 11 is 0. The van der Waals surface area contributed by atoms with Gasteiger partial charge >= 0.3 is 5.97 Å². The van der Waals surface area contributed by atoms with E-state index < -0.39 is 60.6 Å². The van der Waals surface area contributed by atoms with Gasteiger partial charge in [-0.3, -0.25) is 14.5 Å². The molecular formula is C47H47NO10. The van der Waals surface area contributed by atoms with E-state index in [0.29, 0.717) is 6.61 Å². The number of imide groups is 1. The van der Waals surface area contributed by atoms with Crippen LogP contribution in [0.1, 0.15) is 49.9 Å². The fourth-order valence-corrected chi connectivity index (χ4v) is 7.23. The van der Waals surface area contributed by atoms with Crippen molar-refractivity contribution >= 4 is 17.8 Å². The van der Waals surface area contributed by atoms with E-state index in [2.05, 4.69) is 0 Å². The summed E-state index contributed by atoms with van der Waals surface area (Å²) in [7, 11) is 1.20. The lowest BCUT2D eigenvalue weighted by molar-refractivity contribution is -0.337. The van der Waals surface area contributed by atoms with Gasteiger partial charge in [0, 0.05) is 0 Å². The first-order valence-electron chi connectivity index (χ1n) is 19.3. The third-order valence-corrected chi connectivity index (χ3v) is 10.2. The molecule has 1 fully saturated rings. The second-order valence-electron chi connectivity index (χ2n) is 14.2. The van der Waals surface area contributed by atoms with Gasteiger partial charge in [-0.2, -0.15) is 0 Å². The van der Waals surface area contributed by atoms with Crippen LogP contribution in [-0.2, 0) is 64.4 Å². The average molecular weight is 786 g/mol. The molecule has 0 bridgehead atoms. The van der Waals surface area contributed by atoms with Crippen LogP contribution in [-0.4, -0.2) is 79.3 Å². The van der Waals surface area contributed by atoms with Crippen LogP contribution in [0, 0.1) is 0 Å². The van der Waals surface area contributed by atoms with Crippen molar-refractivity contribution in [1.82, 2.24) is 4.90 Å². The number of methoxy groups -OCH3 is 1. The zero-order valence-corrected chi connectivity index (χ0v) is 32.5. The topological polar surface area (TPSA) is 119 Å². The Hall–Kier alpha value is -5.53. The molecule has 1 unspecified atom stereocenters. The van der Waals surface area contributed by atoms with Crippen LogP contribution in [0.3, 0.4) is 0 Å². The van der Waals surface area contributed by atoms with Gasteiger partial charge in [0.05, 0.1) is 57.4 Å². The summed E-state index contributed by atoms with van der Waals surface area (Å²) in [5.41, 5.74) is 4.12. The molecule has 0 radical (unpaired) electrons. The molecule has 7 rings (SSSR count). The molecule has 0 saturated carbocycles. The van der Waals surface area contributed by atoms with Crippen molar-refractivity contribution in [3.8, 4) is 0 Å². The molecule has 0 aromatic heterocycles. The zero-order valence-electron chi connectivity index (χ0n) is 32.5. The highest BCUT2D eigenvalue weighted by Crippen LogP contribution is 2.34. The van der Waals surface area contributed by atoms with Gasteiger partial charge in [-0.15, -0.1) is 0 Å². The van der Waals surface area contributed by atoms with Gasteiger partial charge in [0.15, 0.2) is 12.3 Å². The van der Waals surface area contributed by atoms with E-state index in [1.165, 1.54) is 7.11 Å². The molecule has 2 aliphatic rings. The number of esters is 1. The van der Waals surface area contributed by atoms with Crippen molar-refractivity contribution < 1.29 is 47.5 Å². The minimum Gasteiger partial charge on any atom is -0.467 e. The average Bonchev–Trinajstić information content (AvgIpc) is 3.51. The monoisotopic (exact) mass is 785 g/mol. The van der Waals surface area contributed by atoms with Gasteiger partial charge in [-0.25, -0.2) is 4.79 Å². The Morgan fingerprint density at radius 3 is 1.47 bits per heavy atom. The largest absolute Gasteiger partial charge is 0.467 e. The molecule has 2 amide bonds. The Bertz CT molecular complexity index is 2050. The van der Waals surface area contributed by atoms with E-state index in [4.69, 9.17) is 33.2 Å². The molecule has 5 aromatic rings. The van der Waals surface area contributed by atoms with Crippen molar-refractivity contribution in [3.63, 3.8) is 0 Å². The molecule has 1 saturated heterocycles. The molecule has 0 aliphatic carbocycles. The maximum Gasteiger partial charge on any atom is 0.331 e. The first-order chi connectivity index (χ1) is 28.4. The number of benzene rings is 5. The predicted molar refractivity (Wildman–Crippen MR) is 213 cm³/mol. The minimum absolute atomic E-state index is 0.0814. The van der Waals surface area contributed by atoms with Crippen LogP contribution >= 0.6 is 0 Å². The Kier molecular flexibility index (Phi) is 13.8. The Morgan fingerprint density at radius 1 is 0.586 bits per heavy atom. The molecule has 5 aromatic carbocycles. The number of nitrogens with zero attached hydrogens (tertiary/aromatic N) is 1. The van der Waals surface area contributed by atoms with E-state index in [9.17, 15) is 14.4 Å². The van der Waals surface area contributed by atoms with Crippen LogP contribution < -0.4 is 0 Å². The normalized spacial score (nSPS) is 21.3. The van der Waals surface area contributed by atoms with Crippen molar-refractivity contribution in [2.24, 2.45) is 0 Å². The van der Waals surface area contributed by atoms with Gasteiger partial charge in [0.25, 0.3) is 11.8 Å². The Balaban J connectivity index is 1.24. The highest BCUT2D eigenvalue weighted by molar-refractivity contribution is 6.22. The first-order valence-corrected chi connectivity index (χ1v) is 19.3. The minimum atomic E-state index is -1.46. The molecule has 2 aliphatic heterocycles. The van der Waals surface area contributed by atoms with Crippen LogP contribution in [0.15, 0.2) is 146 Å². The molecule has 58 heavy (non-hydrogen) atoms. The van der Waals surface area contributed by atoms with Crippen molar-refractivity contribution in [2.75, 3.05) is 13.7 Å². The van der Waals surface area contributed by atoms with Crippen molar-refractivity contribution in [1.29, 1.82) is 0 Å². The second-order valence-corrected chi connectivity index (χ2v) is 14.2. The van der Waals surface area contributed by atoms with Crippen molar-refractivity contribution in [2.45, 2.75) is 76.2 Å². The highest BCUT2D eigenvalue weighted by Gasteiger charge is 2.52. The molecule has 2 heterocycles. The highest BCUT2D eigenvalue weighted by atomic mass is 16.7. The van der Waals surface area contributed by atoms with E-state index >= 15 is 0 Å². The van der Waals surface area contributed by atoms with Gasteiger partial charge in [-0.05, 0) is 41.3 Å². The zero-order chi connectivity index (χ0) is 40.3. The summed E-state index contributed by atoms with van der Waals surface area (Å²) in [6.45, 7) is 2.60. The summed E-state index contributed by atoms with van der Waals surface area (Å²) in [4.78, 5) is 41.9. The lowest BCUT2D eigenvalue weighted by Gasteiger charge is -2.47. The summed E-state index contributed by atoms with van der Waals surface area (Å²) in [5, 5.41) is 0. The SMILES string of the molecule is COC(=O)C([C@@H](C)O[C@H]1O[C@H](COCc2ccccc2)[C@@H](OCc2ccccc2)[C@H](OCc2ccccc2)[C@H]1OCc1ccccc1)N1C(=O)c2ccccc2C1=O. The van der Waals surface area contributed by atoms with Gasteiger partial charge in [0.1, 0.15) is 24.4 Å². The maximum absolute atomic E-state index is 13.7. The third-order valence-electron chi connectivity index (χ3n) is 10.2. The molecule has 300 valence electrons. The van der Waals surface area contributed by atoms with Crippen molar-refractivity contribution in [3.05, 3.63) is 179 Å². The summed E-state index contributed by atoms with van der Waals surface area (Å²) in [5.74, 6) is -2.08. The first kappa shape index (κ1) is 40.7. The summed E-state index contributed by atoms with van der Waals surface area (Å²) < 4.78 is 45.2. The predicted octanol–water partition coefficient (Wildman–Crippen LogP) is 6.93. The lowest BCUT2D eigenvalue weighted by atomic mass is 9.97. The van der Waals surface area contributed by atoms with Gasteiger partial charge in [0.2, 0.25) is 0 Å². The van der Waals surface area contributed by atoms with E-state index in [1.54, 1.807) is 31.2 Å². The standard InChI is InChI=1S/C47H47NO10/c1-32(40(46(51)52-2)48-44(49)37-25-15-16-26-38(37)45(48)50)57-47-43(56-30-36-23-13-6-14-24-36)42(55-29-35-21-11-5-12-22-35)41(54-28-34-19-9-4-10-20-34)39(58-47)31-53-27-33-17-7-3-8-18-33/h3-26,32,39-43,47H,27-31H2,1-2H3/t32-,39-,40?,41-,42+,43-,47+/m1/s1. The van der Waals surface area contributed by atoms with Gasteiger partial charge < -0.3 is 33.2 Å². The van der Waals surface area contributed by atoms with E-state index in [-0.39, 0.29) is 37.6 Å². The number of carbonyl (C=O) groups excluding carboxylic acids is 3. The molecule has 11 heteroatoms. The number of amides is 2. The number of hydrogen-bond donors (Lipinski definition) is 0. The van der Waals surface area contributed by atoms with Crippen LogP contribution in [0.5, 0.6) is 0 Å². The fraction of sp³-hybridized carbons (Fsp3) is 0.298. The van der Waals surface area contributed by atoms with E-state index in [0.717, 1.165) is 27.2 Å². The Labute approximate surface area is 338 Å². The second kappa shape index (κ2) is 19.8. The quantitative estimate of drug-likeness (QED) is 0.0684. The number of rotatable bonds is 18. The van der Waals surface area contributed by atoms with Crippen LogP contribution in [0.2, 0.25) is 0 Å². The number of carbonyl (C=O) groups is 3. The van der Waals surface area contributed by atoms with E-state index in [1.807, 2.05) is 121 Å². The number of hydrogen-bond acceptors (Lipinski definition) is 10. The maximum atomic E-state index is 13.7. The molecule has 0 N–H and O–H groups in total. The number of fused-ring (bicyclic) bond motifs is 1. The number of ether oxygens (including phenoxy) is 7. The molecule has 11 nitrogen and oxygen atoms in total. The molecular weight excluding hydrogens is 739 g/mol. The fourth-order valence-electron chi connectivity index (χ4n) is 7.23. The van der Waals surface area contributed by atoms with Crippen LogP contribution in [0.25, 0.3) is 0 Å².